The topological polar surface area (TPSA) is 24.7 Å². The molecule has 3 heteroatoms. The monoisotopic (exact) mass is 614 g/mol. The van der Waals surface area contributed by atoms with Crippen LogP contribution in [0.3, 0.4) is 0 Å². The molecule has 0 N–H and O–H groups in total. The van der Waals surface area contributed by atoms with Crippen molar-refractivity contribution in [2.24, 2.45) is 9.98 Å². The van der Waals surface area contributed by atoms with Gasteiger partial charge in [0.1, 0.15) is 0 Å². The van der Waals surface area contributed by atoms with Gasteiger partial charge < -0.3 is 0 Å². The van der Waals surface area contributed by atoms with Crippen LogP contribution < -0.4 is 0 Å². The molecule has 0 aromatic heterocycles. The first kappa shape index (κ1) is 34.6. The number of aliphatic imine (C=N–C) groups is 2. The minimum atomic E-state index is 0. The van der Waals surface area contributed by atoms with Crippen molar-refractivity contribution in [3.8, 4) is 23.7 Å². The number of hydrogen-bond acceptors (Lipinski definition) is 2. The zero-order chi connectivity index (χ0) is 27.3. The normalized spacial score (nSPS) is 11.2. The van der Waals surface area contributed by atoms with Crippen LogP contribution in [0.25, 0.3) is 0 Å². The van der Waals surface area contributed by atoms with Crippen molar-refractivity contribution in [3.63, 3.8) is 0 Å². The zero-order valence-electron chi connectivity index (χ0n) is 24.7. The van der Waals surface area contributed by atoms with Crippen molar-refractivity contribution in [1.29, 1.82) is 0 Å². The Morgan fingerprint density at radius 3 is 1.49 bits per heavy atom. The Hall–Kier alpha value is -2.44. The smallest absolute Gasteiger partial charge is 0.0665 e. The van der Waals surface area contributed by atoms with Gasteiger partial charge in [-0.1, -0.05) is 70.5 Å². The third-order valence-corrected chi connectivity index (χ3v) is 6.42. The Morgan fingerprint density at radius 2 is 1.03 bits per heavy atom. The van der Waals surface area contributed by atoms with Gasteiger partial charge in [-0.3, -0.25) is 9.98 Å². The average molecular weight is 615 g/mol. The molecule has 0 aliphatic carbocycles. The molecule has 0 spiro atoms. The van der Waals surface area contributed by atoms with Gasteiger partial charge in [0.15, 0.2) is 0 Å². The number of nitrogens with zero attached hydrogens (tertiary/aromatic N) is 2. The van der Waals surface area contributed by atoms with E-state index in [1.807, 2.05) is 0 Å². The number of unbranched alkanes of at least 4 members (excludes halogenated alkanes) is 5. The summed E-state index contributed by atoms with van der Waals surface area (Å²) in [7, 11) is 0. The van der Waals surface area contributed by atoms with Crippen LogP contribution in [0, 0.1) is 23.7 Å². The van der Waals surface area contributed by atoms with E-state index in [4.69, 9.17) is 9.98 Å². The summed E-state index contributed by atoms with van der Waals surface area (Å²) >= 11 is 0. The molecule has 0 radical (unpaired) electrons. The Bertz CT molecular complexity index is 1140. The van der Waals surface area contributed by atoms with Gasteiger partial charge in [0, 0.05) is 46.1 Å². The van der Waals surface area contributed by atoms with Crippen LogP contribution in [-0.2, 0) is 33.3 Å². The summed E-state index contributed by atoms with van der Waals surface area (Å²) in [6.45, 7) is 8.80. The molecule has 212 valence electrons. The van der Waals surface area contributed by atoms with Gasteiger partial charge in [-0.25, -0.2) is 0 Å². The quantitative estimate of drug-likeness (QED) is 0.0825. The molecular weight excluding hydrogens is 567 g/mol. The van der Waals surface area contributed by atoms with E-state index in [1.165, 1.54) is 11.1 Å². The SMILES string of the molecule is CCCC#CCCCc1ccccc1/N=C(CC)/C(CCCC)=N/c1ccccc1CCCC#CCCC.[Pd]. The fraction of sp³-hybridized carbons (Fsp3) is 0.500. The van der Waals surface area contributed by atoms with Crippen LogP contribution in [-0.4, -0.2) is 11.4 Å². The zero-order valence-corrected chi connectivity index (χ0v) is 26.3. The van der Waals surface area contributed by atoms with E-state index in [0.29, 0.717) is 0 Å². The average Bonchev–Trinajstić information content (AvgIpc) is 2.95. The molecule has 0 unspecified atom stereocenters. The Labute approximate surface area is 253 Å². The second-order valence-corrected chi connectivity index (χ2v) is 9.75. The van der Waals surface area contributed by atoms with Crippen LogP contribution in [0.5, 0.6) is 0 Å². The van der Waals surface area contributed by atoms with Gasteiger partial charge in [-0.05, 0) is 81.0 Å². The molecule has 39 heavy (non-hydrogen) atoms. The van der Waals surface area contributed by atoms with Crippen molar-refractivity contribution in [1.82, 2.24) is 0 Å². The van der Waals surface area contributed by atoms with Crippen molar-refractivity contribution in [2.75, 3.05) is 0 Å². The largest absolute Gasteiger partial charge is 0.251 e. The molecule has 0 aliphatic rings. The van der Waals surface area contributed by atoms with Gasteiger partial charge in [0.05, 0.1) is 22.8 Å². The van der Waals surface area contributed by atoms with Crippen LogP contribution in [0.1, 0.15) is 116 Å². The first-order chi connectivity index (χ1) is 18.7. The van der Waals surface area contributed by atoms with Crippen molar-refractivity contribution in [2.45, 2.75) is 118 Å². The fourth-order valence-corrected chi connectivity index (χ4v) is 4.25. The van der Waals surface area contributed by atoms with E-state index in [9.17, 15) is 0 Å². The second kappa shape index (κ2) is 22.4. The van der Waals surface area contributed by atoms with Gasteiger partial charge in [0.25, 0.3) is 0 Å². The third kappa shape index (κ3) is 14.0. The minimum Gasteiger partial charge on any atom is -0.251 e. The van der Waals surface area contributed by atoms with E-state index < -0.39 is 0 Å². The molecule has 2 aromatic carbocycles. The fourth-order valence-electron chi connectivity index (χ4n) is 4.25. The van der Waals surface area contributed by atoms with E-state index in [-0.39, 0.29) is 20.4 Å². The van der Waals surface area contributed by atoms with Gasteiger partial charge in [-0.15, -0.1) is 23.7 Å². The number of aryl methyl sites for hydroxylation is 2. The molecule has 0 heterocycles. The minimum absolute atomic E-state index is 0. The molecule has 0 atom stereocenters. The van der Waals surface area contributed by atoms with E-state index in [2.05, 4.69) is 99.9 Å². The summed E-state index contributed by atoms with van der Waals surface area (Å²) in [6, 6.07) is 17.2. The van der Waals surface area contributed by atoms with Crippen molar-refractivity contribution < 1.29 is 20.4 Å². The van der Waals surface area contributed by atoms with Crippen molar-refractivity contribution >= 4 is 22.8 Å². The summed E-state index contributed by atoms with van der Waals surface area (Å²) in [5.41, 5.74) is 7.00. The molecule has 2 aromatic rings. The Kier molecular flexibility index (Phi) is 19.9. The molecule has 0 bridgehead atoms. The Balaban J connectivity index is 0.00000760. The summed E-state index contributed by atoms with van der Waals surface area (Å²) in [4.78, 5) is 10.5. The third-order valence-electron chi connectivity index (χ3n) is 6.42. The van der Waals surface area contributed by atoms with Crippen LogP contribution >= 0.6 is 0 Å². The van der Waals surface area contributed by atoms with Crippen molar-refractivity contribution in [3.05, 3.63) is 59.7 Å². The van der Waals surface area contributed by atoms with Crippen LogP contribution in [0.15, 0.2) is 58.5 Å². The maximum atomic E-state index is 5.26. The number of benzene rings is 2. The Morgan fingerprint density at radius 1 is 0.564 bits per heavy atom. The summed E-state index contributed by atoms with van der Waals surface area (Å²) in [5, 5.41) is 0. The predicted octanol–water partition coefficient (Wildman–Crippen LogP) is 10.4. The molecule has 2 rings (SSSR count). The molecule has 2 nitrogen and oxygen atoms in total. The summed E-state index contributed by atoms with van der Waals surface area (Å²) < 4.78 is 0. The van der Waals surface area contributed by atoms with Gasteiger partial charge >= 0.3 is 0 Å². The second-order valence-electron chi connectivity index (χ2n) is 9.75. The van der Waals surface area contributed by atoms with E-state index in [0.717, 1.165) is 113 Å². The van der Waals surface area contributed by atoms with Gasteiger partial charge in [-0.2, -0.15) is 0 Å². The van der Waals surface area contributed by atoms with E-state index in [1.54, 1.807) is 0 Å². The molecular formula is C36H48N2Pd. The molecule has 0 saturated heterocycles. The molecule has 0 saturated carbocycles. The van der Waals surface area contributed by atoms with E-state index >= 15 is 0 Å². The maximum Gasteiger partial charge on any atom is 0.0665 e. The van der Waals surface area contributed by atoms with Crippen LogP contribution in [0.4, 0.5) is 11.4 Å². The van der Waals surface area contributed by atoms with Gasteiger partial charge in [0.2, 0.25) is 0 Å². The molecule has 0 fully saturated rings. The number of hydrogen-bond donors (Lipinski definition) is 0. The molecule has 0 aliphatic heterocycles. The number of rotatable bonds is 15. The number of para-hydroxylation sites is 2. The molecule has 0 amide bonds. The predicted molar refractivity (Wildman–Crippen MR) is 168 cm³/mol. The summed E-state index contributed by atoms with van der Waals surface area (Å²) in [5.74, 6) is 13.2. The van der Waals surface area contributed by atoms with Crippen LogP contribution in [0.2, 0.25) is 0 Å². The first-order valence-corrected chi connectivity index (χ1v) is 15.0. The standard InChI is InChI=1S/C36H48N2.Pd/c1-5-9-12-14-16-18-24-31-26-20-22-29-34(31)37-33(8-4)36(28-11-7-3)38-35-30-23-21-27-32(35)25-19-17-15-13-10-6-2;/h20-23,26-27,29-30H,5-11,16-19,24-25,28H2,1-4H3;/b37-33+,38-36+;. The maximum absolute atomic E-state index is 5.26. The summed E-state index contributed by atoms with van der Waals surface area (Å²) in [6.07, 6.45) is 14.4. The first-order valence-electron chi connectivity index (χ1n) is 15.0.